The fourth-order valence-corrected chi connectivity index (χ4v) is 8.03. The molecule has 2 aromatic heterocycles. The second-order valence-corrected chi connectivity index (χ2v) is 15.8. The third-order valence-electron chi connectivity index (χ3n) is 11.0. The van der Waals surface area contributed by atoms with Crippen molar-refractivity contribution in [1.82, 2.24) is 14.5 Å². The van der Waals surface area contributed by atoms with E-state index in [4.69, 9.17) is 11.3 Å². The van der Waals surface area contributed by atoms with Crippen molar-refractivity contribution >= 4 is 11.0 Å². The maximum Gasteiger partial charge on any atom is 0.148 e. The monoisotopic (exact) mass is 960 g/mol. The van der Waals surface area contributed by atoms with Crippen LogP contribution in [0.25, 0.3) is 83.9 Å². The van der Waals surface area contributed by atoms with E-state index in [2.05, 4.69) is 140 Å². The molecule has 9 aromatic rings. The number of phenols is 1. The van der Waals surface area contributed by atoms with Crippen LogP contribution in [0.5, 0.6) is 5.75 Å². The van der Waals surface area contributed by atoms with Crippen LogP contribution in [0, 0.1) is 12.0 Å². The van der Waals surface area contributed by atoms with Crippen molar-refractivity contribution in [2.45, 2.75) is 40.0 Å². The summed E-state index contributed by atoms with van der Waals surface area (Å²) in [6, 6.07) is 61.9. The average Bonchev–Trinajstić information content (AvgIpc) is 3.66. The van der Waals surface area contributed by atoms with Gasteiger partial charge in [-0.25, -0.2) is 4.98 Å². The molecule has 1 N–H and O–H groups in total. The number of hydrogen-bond donors (Lipinski definition) is 1. The van der Waals surface area contributed by atoms with Gasteiger partial charge in [-0.2, -0.15) is 0 Å². The standard InChI is InChI=1S/C55H46N3O.Pt/c1-36(2)30-38-22-27-51(49(31-38)42-16-9-6-10-17-42)58-52-20-13-19-47(54(52)57-55(58)48-18-11-12-21-53(48)59)45-32-44(40-14-7-5-8-15-40)33-46(34-45)50-35-43(28-29-56-50)41-25-23-39(24-26-41)37(3)4;/h5-29,31-33,35-37,59H,30H2,1-4H3;/q-1;/i37D;. The normalized spacial score (nSPS) is 11.7. The molecule has 0 unspecified atom stereocenters. The van der Waals surface area contributed by atoms with Gasteiger partial charge in [0.05, 0.1) is 22.3 Å². The number of benzene rings is 7. The van der Waals surface area contributed by atoms with Gasteiger partial charge in [-0.3, -0.25) is 9.55 Å². The Kier molecular flexibility index (Phi) is 11.4. The molecule has 2 heterocycles. The van der Waals surface area contributed by atoms with Crippen LogP contribution < -0.4 is 0 Å². The Bertz CT molecular complexity index is 2970. The van der Waals surface area contributed by atoms with Crippen LogP contribution >= 0.6 is 0 Å². The number of aromatic hydroxyl groups is 1. The van der Waals surface area contributed by atoms with Crippen LogP contribution in [-0.2, 0) is 27.5 Å². The minimum Gasteiger partial charge on any atom is -0.507 e. The number of fused-ring (bicyclic) bond motifs is 1. The first-order chi connectivity index (χ1) is 29.1. The molecule has 0 atom stereocenters. The van der Waals surface area contributed by atoms with E-state index in [1.165, 1.54) is 5.56 Å². The van der Waals surface area contributed by atoms with E-state index < -0.39 is 5.89 Å². The zero-order chi connectivity index (χ0) is 41.4. The fourth-order valence-electron chi connectivity index (χ4n) is 8.03. The Balaban J connectivity index is 0.00000514. The maximum absolute atomic E-state index is 11.4. The molecule has 5 heteroatoms. The van der Waals surface area contributed by atoms with Crippen LogP contribution in [0.2, 0.25) is 0 Å². The summed E-state index contributed by atoms with van der Waals surface area (Å²) in [5, 5.41) is 11.4. The zero-order valence-corrected chi connectivity index (χ0v) is 36.4. The summed E-state index contributed by atoms with van der Waals surface area (Å²) in [6.45, 7) is 8.31. The molecule has 0 aliphatic heterocycles. The van der Waals surface area contributed by atoms with Gasteiger partial charge in [0.2, 0.25) is 0 Å². The van der Waals surface area contributed by atoms with Crippen molar-refractivity contribution in [3.05, 3.63) is 193 Å². The maximum atomic E-state index is 11.4. The average molecular weight is 961 g/mol. The molecular formula is C55H46N3OPt-. The quantitative estimate of drug-likeness (QED) is 0.139. The molecule has 0 saturated carbocycles. The molecule has 0 radical (unpaired) electrons. The second-order valence-electron chi connectivity index (χ2n) is 15.8. The van der Waals surface area contributed by atoms with E-state index in [0.29, 0.717) is 17.3 Å². The van der Waals surface area contributed by atoms with Crippen LogP contribution in [0.4, 0.5) is 0 Å². The van der Waals surface area contributed by atoms with Gasteiger partial charge in [-0.1, -0.05) is 166 Å². The summed E-state index contributed by atoms with van der Waals surface area (Å²) in [6.07, 6.45) is 2.82. The van der Waals surface area contributed by atoms with Crippen LogP contribution in [0.15, 0.2) is 176 Å². The minimum absolute atomic E-state index is 0. The molecule has 298 valence electrons. The molecule has 9 rings (SSSR count). The fraction of sp³-hybridized carbons (Fsp3) is 0.127. The van der Waals surface area contributed by atoms with E-state index in [1.54, 1.807) is 6.07 Å². The van der Waals surface area contributed by atoms with Crippen molar-refractivity contribution in [3.63, 3.8) is 0 Å². The number of imidazole rings is 1. The van der Waals surface area contributed by atoms with E-state index in [-0.39, 0.29) is 26.8 Å². The van der Waals surface area contributed by atoms with Gasteiger partial charge in [0.15, 0.2) is 0 Å². The third kappa shape index (κ3) is 8.13. The summed E-state index contributed by atoms with van der Waals surface area (Å²) < 4.78 is 10.7. The third-order valence-corrected chi connectivity index (χ3v) is 11.0. The van der Waals surface area contributed by atoms with Gasteiger partial charge in [-0.05, 0) is 88.0 Å². The van der Waals surface area contributed by atoms with Gasteiger partial charge in [-0.15, -0.1) is 23.8 Å². The van der Waals surface area contributed by atoms with Gasteiger partial charge in [0.25, 0.3) is 0 Å². The second kappa shape index (κ2) is 17.5. The van der Waals surface area contributed by atoms with E-state index >= 15 is 0 Å². The molecule has 7 aromatic carbocycles. The molecule has 0 spiro atoms. The van der Waals surface area contributed by atoms with Gasteiger partial charge in [0.1, 0.15) is 11.6 Å². The molecular weight excluding hydrogens is 914 g/mol. The van der Waals surface area contributed by atoms with Crippen LogP contribution in [0.1, 0.15) is 46.1 Å². The SMILES string of the molecule is [2H]C(C)(C)c1ccc(-c2ccnc(-c3[c-]c(-c4cccc5c4nc(-c4ccccc4O)n5-c4ccc(CC(C)C)cc4-c4ccccc4)cc(-c4ccccc4)c3)c2)cc1.[Pt]. The molecule has 0 saturated heterocycles. The number of aromatic nitrogens is 3. The number of pyridine rings is 1. The number of nitrogens with zero attached hydrogens (tertiary/aromatic N) is 3. The molecule has 0 fully saturated rings. The summed E-state index contributed by atoms with van der Waals surface area (Å²) in [7, 11) is 0. The molecule has 0 amide bonds. The van der Waals surface area contributed by atoms with E-state index in [9.17, 15) is 5.11 Å². The number of rotatable bonds is 10. The van der Waals surface area contributed by atoms with Crippen LogP contribution in [-0.4, -0.2) is 19.6 Å². The Morgan fingerprint density at radius 2 is 1.27 bits per heavy atom. The molecule has 0 bridgehead atoms. The summed E-state index contributed by atoms with van der Waals surface area (Å²) >= 11 is 0. The predicted octanol–water partition coefficient (Wildman–Crippen LogP) is 14.2. The van der Waals surface area contributed by atoms with E-state index in [0.717, 1.165) is 84.5 Å². The summed E-state index contributed by atoms with van der Waals surface area (Å²) in [5.74, 6) is 0.649. The Labute approximate surface area is 369 Å². The Morgan fingerprint density at radius 1 is 0.600 bits per heavy atom. The first-order valence-electron chi connectivity index (χ1n) is 20.8. The van der Waals surface area contributed by atoms with Crippen molar-refractivity contribution in [2.24, 2.45) is 5.92 Å². The smallest absolute Gasteiger partial charge is 0.148 e. The van der Waals surface area contributed by atoms with Gasteiger partial charge >= 0.3 is 0 Å². The topological polar surface area (TPSA) is 50.9 Å². The van der Waals surface area contributed by atoms with Crippen molar-refractivity contribution < 1.29 is 27.5 Å². The number of phenolic OH excluding ortho intramolecular Hbond substituents is 1. The van der Waals surface area contributed by atoms with Gasteiger partial charge in [0, 0.05) is 39.9 Å². The Morgan fingerprint density at radius 3 is 1.98 bits per heavy atom. The van der Waals surface area contributed by atoms with Crippen molar-refractivity contribution in [3.8, 4) is 78.6 Å². The van der Waals surface area contributed by atoms with Gasteiger partial charge < -0.3 is 5.11 Å². The number of hydrogen-bond acceptors (Lipinski definition) is 3. The minimum atomic E-state index is -0.672. The Hall–Kier alpha value is -6.35. The van der Waals surface area contributed by atoms with Crippen molar-refractivity contribution in [2.75, 3.05) is 0 Å². The van der Waals surface area contributed by atoms with E-state index in [1.807, 2.05) is 68.6 Å². The predicted molar refractivity (Wildman–Crippen MR) is 245 cm³/mol. The summed E-state index contributed by atoms with van der Waals surface area (Å²) in [4.78, 5) is 10.3. The van der Waals surface area contributed by atoms with Crippen molar-refractivity contribution in [1.29, 1.82) is 0 Å². The molecule has 60 heavy (non-hydrogen) atoms. The first kappa shape index (κ1) is 39.1. The molecule has 0 aliphatic rings. The first-order valence-corrected chi connectivity index (χ1v) is 20.3. The molecule has 0 aliphatic carbocycles. The summed E-state index contributed by atoms with van der Waals surface area (Å²) in [5.41, 5.74) is 15.5. The molecule has 4 nitrogen and oxygen atoms in total. The zero-order valence-electron chi connectivity index (χ0n) is 35.1. The number of para-hydroxylation sites is 2. The largest absolute Gasteiger partial charge is 0.507 e. The van der Waals surface area contributed by atoms with Crippen LogP contribution in [0.3, 0.4) is 0 Å².